The third-order valence-electron chi connectivity index (χ3n) is 1.72. The lowest BCUT2D eigenvalue weighted by atomic mass is 10.1. The second-order valence-electron chi connectivity index (χ2n) is 2.55. The molecule has 0 aliphatic carbocycles. The van der Waals surface area contributed by atoms with Gasteiger partial charge in [-0.15, -0.1) is 11.6 Å². The maximum Gasteiger partial charge on any atom is 0.266 e. The molecule has 6 heteroatoms. The molecule has 78 valence electrons. The topological polar surface area (TPSA) is 33.1 Å². The highest BCUT2D eigenvalue weighted by Gasteiger charge is 2.19. The fraction of sp³-hybridized carbons (Fsp3) is 0.375. The molecule has 0 unspecified atom stereocenters. The zero-order valence-corrected chi connectivity index (χ0v) is 9.89. The van der Waals surface area contributed by atoms with Crippen molar-refractivity contribution in [1.29, 1.82) is 0 Å². The Bertz CT molecular complexity index is 335. The standard InChI is InChI=1S/C8H7ClF2INO/c9-1-5-6(8(10)11)7(12)4(3-14)2-13-5/h2,8,14H,1,3H2. The van der Waals surface area contributed by atoms with Crippen LogP contribution in [0.3, 0.4) is 0 Å². The largest absolute Gasteiger partial charge is 0.392 e. The van der Waals surface area contributed by atoms with E-state index in [1.165, 1.54) is 6.20 Å². The minimum atomic E-state index is -2.62. The summed E-state index contributed by atoms with van der Waals surface area (Å²) >= 11 is 7.25. The number of nitrogens with zero attached hydrogens (tertiary/aromatic N) is 1. The van der Waals surface area contributed by atoms with Gasteiger partial charge in [0.2, 0.25) is 0 Å². The van der Waals surface area contributed by atoms with Crippen LogP contribution >= 0.6 is 34.2 Å². The first-order valence-electron chi connectivity index (χ1n) is 3.73. The molecule has 14 heavy (non-hydrogen) atoms. The number of pyridine rings is 1. The molecule has 0 aromatic carbocycles. The smallest absolute Gasteiger partial charge is 0.266 e. The Morgan fingerprint density at radius 3 is 2.64 bits per heavy atom. The summed E-state index contributed by atoms with van der Waals surface area (Å²) < 4.78 is 25.6. The molecule has 2 nitrogen and oxygen atoms in total. The van der Waals surface area contributed by atoms with E-state index in [0.717, 1.165) is 0 Å². The summed E-state index contributed by atoms with van der Waals surface area (Å²) in [5.74, 6) is -0.0542. The Morgan fingerprint density at radius 1 is 1.57 bits per heavy atom. The molecule has 0 aliphatic rings. The molecule has 0 aliphatic heterocycles. The predicted octanol–water partition coefficient (Wildman–Crippen LogP) is 2.85. The summed E-state index contributed by atoms with van der Waals surface area (Å²) in [6.07, 6.45) is -1.25. The van der Waals surface area contributed by atoms with Crippen molar-refractivity contribution < 1.29 is 13.9 Å². The second-order valence-corrected chi connectivity index (χ2v) is 3.90. The van der Waals surface area contributed by atoms with Crippen molar-refractivity contribution in [1.82, 2.24) is 4.98 Å². The predicted molar refractivity (Wildman–Crippen MR) is 57.4 cm³/mol. The Balaban J connectivity index is 3.31. The number of aromatic nitrogens is 1. The Labute approximate surface area is 98.4 Å². The number of aliphatic hydroxyl groups is 1. The fourth-order valence-corrected chi connectivity index (χ4v) is 2.09. The van der Waals surface area contributed by atoms with E-state index in [4.69, 9.17) is 16.7 Å². The molecule has 0 saturated heterocycles. The van der Waals surface area contributed by atoms with Gasteiger partial charge in [-0.25, -0.2) is 8.78 Å². The molecule has 0 atom stereocenters. The van der Waals surface area contributed by atoms with Crippen LogP contribution in [0, 0.1) is 3.57 Å². The number of aliphatic hydroxyl groups excluding tert-OH is 1. The summed E-state index contributed by atoms with van der Waals surface area (Å²) in [5.41, 5.74) is 0.394. The van der Waals surface area contributed by atoms with E-state index in [-0.39, 0.29) is 23.7 Å². The minimum absolute atomic E-state index is 0.0542. The van der Waals surface area contributed by atoms with E-state index in [1.54, 1.807) is 22.6 Å². The first kappa shape index (κ1) is 12.1. The number of hydrogen-bond acceptors (Lipinski definition) is 2. The third-order valence-corrected chi connectivity index (χ3v) is 3.25. The van der Waals surface area contributed by atoms with Crippen molar-refractivity contribution in [3.05, 3.63) is 26.6 Å². The van der Waals surface area contributed by atoms with Gasteiger partial charge in [0.05, 0.1) is 23.7 Å². The average molecular weight is 334 g/mol. The Morgan fingerprint density at radius 2 is 2.21 bits per heavy atom. The van der Waals surface area contributed by atoms with Gasteiger partial charge in [-0.05, 0) is 22.6 Å². The summed E-state index contributed by atoms with van der Waals surface area (Å²) in [4.78, 5) is 3.77. The number of halogens is 4. The van der Waals surface area contributed by atoms with Crippen LogP contribution in [0.25, 0.3) is 0 Å². The van der Waals surface area contributed by atoms with Gasteiger partial charge in [0.1, 0.15) is 0 Å². The maximum absolute atomic E-state index is 12.6. The van der Waals surface area contributed by atoms with E-state index in [9.17, 15) is 8.78 Å². The van der Waals surface area contributed by atoms with Crippen molar-refractivity contribution in [3.63, 3.8) is 0 Å². The van der Waals surface area contributed by atoms with Crippen molar-refractivity contribution in [3.8, 4) is 0 Å². The molecule has 0 radical (unpaired) electrons. The zero-order valence-electron chi connectivity index (χ0n) is 6.98. The van der Waals surface area contributed by atoms with Crippen LogP contribution in [0.4, 0.5) is 8.78 Å². The summed E-state index contributed by atoms with van der Waals surface area (Å²) in [7, 11) is 0. The summed E-state index contributed by atoms with van der Waals surface area (Å²) in [6, 6.07) is 0. The zero-order chi connectivity index (χ0) is 10.7. The molecule has 1 rings (SSSR count). The fourth-order valence-electron chi connectivity index (χ4n) is 1.02. The lowest BCUT2D eigenvalue weighted by Gasteiger charge is -2.10. The van der Waals surface area contributed by atoms with E-state index in [0.29, 0.717) is 9.13 Å². The first-order chi connectivity index (χ1) is 6.61. The van der Waals surface area contributed by atoms with Gasteiger partial charge in [0, 0.05) is 15.3 Å². The third kappa shape index (κ3) is 2.32. The van der Waals surface area contributed by atoms with Crippen LogP contribution in [0.2, 0.25) is 0 Å². The number of alkyl halides is 3. The van der Waals surface area contributed by atoms with Crippen LogP contribution in [0.5, 0.6) is 0 Å². The summed E-state index contributed by atoms with van der Waals surface area (Å²) in [6.45, 7) is -0.298. The number of rotatable bonds is 3. The molecule has 1 heterocycles. The number of hydrogen-bond donors (Lipinski definition) is 1. The molecular weight excluding hydrogens is 326 g/mol. The van der Waals surface area contributed by atoms with Crippen molar-refractivity contribution >= 4 is 34.2 Å². The molecule has 1 aromatic rings. The molecule has 1 N–H and O–H groups in total. The van der Waals surface area contributed by atoms with Gasteiger partial charge in [0.15, 0.2) is 0 Å². The van der Waals surface area contributed by atoms with Gasteiger partial charge in [0.25, 0.3) is 6.43 Å². The maximum atomic E-state index is 12.6. The van der Waals surface area contributed by atoms with Crippen molar-refractivity contribution in [2.24, 2.45) is 0 Å². The summed E-state index contributed by atoms with van der Waals surface area (Å²) in [5, 5.41) is 8.87. The Kier molecular flexibility index (Phi) is 4.46. The lowest BCUT2D eigenvalue weighted by Crippen LogP contribution is -2.03. The van der Waals surface area contributed by atoms with Crippen LogP contribution in [0.15, 0.2) is 6.20 Å². The van der Waals surface area contributed by atoms with Gasteiger partial charge >= 0.3 is 0 Å². The van der Waals surface area contributed by atoms with E-state index in [1.807, 2.05) is 0 Å². The van der Waals surface area contributed by atoms with E-state index >= 15 is 0 Å². The van der Waals surface area contributed by atoms with Crippen molar-refractivity contribution in [2.75, 3.05) is 0 Å². The first-order valence-corrected chi connectivity index (χ1v) is 5.34. The average Bonchev–Trinajstić information content (AvgIpc) is 2.16. The van der Waals surface area contributed by atoms with Gasteiger partial charge in [-0.1, -0.05) is 0 Å². The minimum Gasteiger partial charge on any atom is -0.392 e. The highest BCUT2D eigenvalue weighted by Crippen LogP contribution is 2.29. The Hall–Kier alpha value is -0.0100. The van der Waals surface area contributed by atoms with E-state index in [2.05, 4.69) is 4.98 Å². The lowest BCUT2D eigenvalue weighted by molar-refractivity contribution is 0.148. The van der Waals surface area contributed by atoms with Crippen LogP contribution in [-0.4, -0.2) is 10.1 Å². The van der Waals surface area contributed by atoms with Crippen molar-refractivity contribution in [2.45, 2.75) is 18.9 Å². The molecule has 0 amide bonds. The SMILES string of the molecule is OCc1cnc(CCl)c(C(F)F)c1I. The second kappa shape index (κ2) is 5.18. The quantitative estimate of drug-likeness (QED) is 0.681. The highest BCUT2D eigenvalue weighted by molar-refractivity contribution is 14.1. The van der Waals surface area contributed by atoms with E-state index < -0.39 is 6.43 Å². The monoisotopic (exact) mass is 333 g/mol. The van der Waals surface area contributed by atoms with Gasteiger partial charge < -0.3 is 5.11 Å². The molecule has 0 saturated carbocycles. The highest BCUT2D eigenvalue weighted by atomic mass is 127. The normalized spacial score (nSPS) is 11.0. The van der Waals surface area contributed by atoms with Gasteiger partial charge in [-0.3, -0.25) is 4.98 Å². The van der Waals surface area contributed by atoms with Crippen LogP contribution in [-0.2, 0) is 12.5 Å². The molecule has 0 spiro atoms. The molecule has 0 bridgehead atoms. The van der Waals surface area contributed by atoms with Crippen LogP contribution in [0.1, 0.15) is 23.2 Å². The van der Waals surface area contributed by atoms with Gasteiger partial charge in [-0.2, -0.15) is 0 Å². The molecule has 0 fully saturated rings. The molecular formula is C8H7ClF2INO. The van der Waals surface area contributed by atoms with Crippen LogP contribution < -0.4 is 0 Å². The molecule has 1 aromatic heterocycles.